The van der Waals surface area contributed by atoms with Gasteiger partial charge in [-0.1, -0.05) is 64.7 Å². The monoisotopic (exact) mass is 420 g/mol. The van der Waals surface area contributed by atoms with Gasteiger partial charge in [0.05, 0.1) is 25.1 Å². The predicted octanol–water partition coefficient (Wildman–Crippen LogP) is 5.63. The first-order valence-electron chi connectivity index (χ1n) is 11.4. The van der Waals surface area contributed by atoms with E-state index >= 15 is 0 Å². The van der Waals surface area contributed by atoms with Crippen LogP contribution in [0.4, 0.5) is 11.4 Å². The third-order valence-electron chi connectivity index (χ3n) is 5.18. The molecule has 0 saturated carbocycles. The Morgan fingerprint density at radius 2 is 1.57 bits per heavy atom. The van der Waals surface area contributed by atoms with Crippen LogP contribution in [0.5, 0.6) is 5.75 Å². The fraction of sp³-hybridized carbons (Fsp3) is 0.667. The van der Waals surface area contributed by atoms with Crippen LogP contribution in [0.25, 0.3) is 0 Å². The molecule has 0 atom stereocenters. The molecule has 3 N–H and O–H groups in total. The van der Waals surface area contributed by atoms with Crippen molar-refractivity contribution in [2.24, 2.45) is 0 Å². The summed E-state index contributed by atoms with van der Waals surface area (Å²) in [7, 11) is 1.56. The van der Waals surface area contributed by atoms with Gasteiger partial charge in [0.2, 0.25) is 5.91 Å². The lowest BCUT2D eigenvalue weighted by Gasteiger charge is -2.15. The molecule has 0 heterocycles. The predicted molar refractivity (Wildman–Crippen MR) is 123 cm³/mol. The highest BCUT2D eigenvalue weighted by Gasteiger charge is 2.14. The summed E-state index contributed by atoms with van der Waals surface area (Å²) in [5, 5.41) is 2.69. The standard InChI is InChI=1S/C24H40N2O4/c1-4-5-6-7-8-9-10-11-12-13-18-30-23(28)17-14-20-22(29-3)16-15-21(24(20)25)26-19(2)27/h15-16H,4-14,17-18,25H2,1-3H3,(H,26,27). The van der Waals surface area contributed by atoms with Gasteiger partial charge in [0.15, 0.2) is 0 Å². The Bertz CT molecular complexity index is 646. The van der Waals surface area contributed by atoms with Gasteiger partial charge in [-0.05, 0) is 25.0 Å². The van der Waals surface area contributed by atoms with E-state index < -0.39 is 0 Å². The zero-order valence-electron chi connectivity index (χ0n) is 19.1. The SMILES string of the molecule is CCCCCCCCCCCCOC(=O)CCc1c(OC)ccc(NC(C)=O)c1N. The van der Waals surface area contributed by atoms with Crippen LogP contribution in [0.2, 0.25) is 0 Å². The maximum absolute atomic E-state index is 12.1. The van der Waals surface area contributed by atoms with E-state index in [1.54, 1.807) is 19.2 Å². The fourth-order valence-electron chi connectivity index (χ4n) is 3.47. The Hall–Kier alpha value is -2.24. The van der Waals surface area contributed by atoms with Gasteiger partial charge in [0.1, 0.15) is 5.75 Å². The molecule has 0 fully saturated rings. The van der Waals surface area contributed by atoms with Gasteiger partial charge in [0.25, 0.3) is 0 Å². The van der Waals surface area contributed by atoms with Crippen molar-refractivity contribution < 1.29 is 19.1 Å². The number of anilines is 2. The summed E-state index contributed by atoms with van der Waals surface area (Å²) < 4.78 is 10.7. The molecule has 0 spiro atoms. The van der Waals surface area contributed by atoms with Gasteiger partial charge >= 0.3 is 5.97 Å². The number of unbranched alkanes of at least 4 members (excludes halogenated alkanes) is 9. The third kappa shape index (κ3) is 10.5. The largest absolute Gasteiger partial charge is 0.496 e. The van der Waals surface area contributed by atoms with E-state index in [4.69, 9.17) is 15.2 Å². The molecule has 0 radical (unpaired) electrons. The summed E-state index contributed by atoms with van der Waals surface area (Å²) in [6, 6.07) is 3.44. The molecule has 0 aliphatic carbocycles. The Balaban J connectivity index is 2.25. The Morgan fingerprint density at radius 3 is 2.13 bits per heavy atom. The highest BCUT2D eigenvalue weighted by molar-refractivity contribution is 5.93. The number of carbonyl (C=O) groups is 2. The number of esters is 1. The molecule has 6 heteroatoms. The van der Waals surface area contributed by atoms with Crippen molar-refractivity contribution in [2.75, 3.05) is 24.8 Å². The molecule has 0 aliphatic heterocycles. The smallest absolute Gasteiger partial charge is 0.306 e. The number of amides is 1. The summed E-state index contributed by atoms with van der Waals surface area (Å²) in [6.45, 7) is 4.13. The molecule has 170 valence electrons. The number of hydrogen-bond donors (Lipinski definition) is 2. The summed E-state index contributed by atoms with van der Waals surface area (Å²) in [5.74, 6) is 0.162. The molecule has 0 unspecified atom stereocenters. The normalized spacial score (nSPS) is 10.6. The zero-order valence-corrected chi connectivity index (χ0v) is 19.1. The quantitative estimate of drug-likeness (QED) is 0.205. The molecule has 30 heavy (non-hydrogen) atoms. The van der Waals surface area contributed by atoms with E-state index in [1.807, 2.05) is 0 Å². The second kappa shape index (κ2) is 15.6. The minimum absolute atomic E-state index is 0.200. The van der Waals surface area contributed by atoms with Gasteiger partial charge in [-0.25, -0.2) is 0 Å². The van der Waals surface area contributed by atoms with Gasteiger partial charge in [-0.3, -0.25) is 9.59 Å². The number of nitrogens with one attached hydrogen (secondary N) is 1. The molecular weight excluding hydrogens is 380 g/mol. The maximum Gasteiger partial charge on any atom is 0.306 e. The lowest BCUT2D eigenvalue weighted by molar-refractivity contribution is -0.143. The highest BCUT2D eigenvalue weighted by Crippen LogP contribution is 2.32. The van der Waals surface area contributed by atoms with Crippen LogP contribution >= 0.6 is 0 Å². The summed E-state index contributed by atoms with van der Waals surface area (Å²) in [6.07, 6.45) is 13.1. The molecule has 6 nitrogen and oxygen atoms in total. The summed E-state index contributed by atoms with van der Waals surface area (Å²) in [4.78, 5) is 23.4. The van der Waals surface area contributed by atoms with Crippen LogP contribution < -0.4 is 15.8 Å². The second-order valence-electron chi connectivity index (χ2n) is 7.79. The number of methoxy groups -OCH3 is 1. The maximum atomic E-state index is 12.1. The molecule has 1 amide bonds. The average Bonchev–Trinajstić information content (AvgIpc) is 2.72. The van der Waals surface area contributed by atoms with Gasteiger partial charge in [-0.15, -0.1) is 0 Å². The van der Waals surface area contributed by atoms with Crippen molar-refractivity contribution in [3.63, 3.8) is 0 Å². The molecular formula is C24H40N2O4. The topological polar surface area (TPSA) is 90.6 Å². The number of rotatable bonds is 16. The van der Waals surface area contributed by atoms with Crippen LogP contribution in [0.3, 0.4) is 0 Å². The molecule has 1 aromatic carbocycles. The van der Waals surface area contributed by atoms with Crippen molar-refractivity contribution in [3.05, 3.63) is 17.7 Å². The first-order valence-corrected chi connectivity index (χ1v) is 11.4. The number of hydrogen-bond acceptors (Lipinski definition) is 5. The zero-order chi connectivity index (χ0) is 22.2. The van der Waals surface area contributed by atoms with Gasteiger partial charge < -0.3 is 20.5 Å². The third-order valence-corrected chi connectivity index (χ3v) is 5.18. The summed E-state index contributed by atoms with van der Waals surface area (Å²) in [5.41, 5.74) is 7.82. The van der Waals surface area contributed by atoms with Crippen LogP contribution in [0.1, 0.15) is 90.0 Å². The van der Waals surface area contributed by atoms with Crippen molar-refractivity contribution in [3.8, 4) is 5.75 Å². The Morgan fingerprint density at radius 1 is 0.967 bits per heavy atom. The van der Waals surface area contributed by atoms with Crippen LogP contribution in [-0.2, 0) is 20.7 Å². The van der Waals surface area contributed by atoms with E-state index in [0.29, 0.717) is 35.7 Å². The first-order chi connectivity index (χ1) is 14.5. The minimum Gasteiger partial charge on any atom is -0.496 e. The molecule has 0 saturated heterocycles. The highest BCUT2D eigenvalue weighted by atomic mass is 16.5. The molecule has 0 aliphatic rings. The number of nitrogens with two attached hydrogens (primary N) is 1. The van der Waals surface area contributed by atoms with E-state index in [1.165, 1.54) is 58.3 Å². The Labute approximate surface area is 181 Å². The van der Waals surface area contributed by atoms with Crippen molar-refractivity contribution in [1.29, 1.82) is 0 Å². The van der Waals surface area contributed by atoms with Crippen molar-refractivity contribution in [1.82, 2.24) is 0 Å². The van der Waals surface area contributed by atoms with E-state index in [9.17, 15) is 9.59 Å². The number of benzene rings is 1. The van der Waals surface area contributed by atoms with Crippen molar-refractivity contribution >= 4 is 23.3 Å². The minimum atomic E-state index is -0.239. The second-order valence-corrected chi connectivity index (χ2v) is 7.79. The number of nitrogen functional groups attached to an aromatic ring is 1. The molecule has 0 bridgehead atoms. The molecule has 0 aromatic heterocycles. The van der Waals surface area contributed by atoms with Crippen LogP contribution in [0, 0.1) is 0 Å². The van der Waals surface area contributed by atoms with Crippen LogP contribution in [0.15, 0.2) is 12.1 Å². The number of carbonyl (C=O) groups excluding carboxylic acids is 2. The van der Waals surface area contributed by atoms with E-state index in [0.717, 1.165) is 12.8 Å². The van der Waals surface area contributed by atoms with Gasteiger partial charge in [0, 0.05) is 18.9 Å². The number of ether oxygens (including phenoxy) is 2. The van der Waals surface area contributed by atoms with Gasteiger partial charge in [-0.2, -0.15) is 0 Å². The molecule has 1 aromatic rings. The van der Waals surface area contributed by atoms with Crippen LogP contribution in [-0.4, -0.2) is 25.6 Å². The fourth-order valence-corrected chi connectivity index (χ4v) is 3.47. The van der Waals surface area contributed by atoms with Crippen molar-refractivity contribution in [2.45, 2.75) is 90.9 Å². The Kier molecular flexibility index (Phi) is 13.4. The first kappa shape index (κ1) is 25.8. The lowest BCUT2D eigenvalue weighted by atomic mass is 10.0. The molecule has 1 rings (SSSR count). The lowest BCUT2D eigenvalue weighted by Crippen LogP contribution is -2.12. The summed E-state index contributed by atoms with van der Waals surface area (Å²) >= 11 is 0. The average molecular weight is 421 g/mol. The van der Waals surface area contributed by atoms with E-state index in [2.05, 4.69) is 12.2 Å². The van der Waals surface area contributed by atoms with E-state index in [-0.39, 0.29) is 18.3 Å².